The first-order valence-corrected chi connectivity index (χ1v) is 21.8. The summed E-state index contributed by atoms with van der Waals surface area (Å²) in [6, 6.07) is 9.06. The Hall–Kier alpha value is -7.75. The Bertz CT molecular complexity index is 2970. The van der Waals surface area contributed by atoms with E-state index < -0.39 is 62.0 Å². The van der Waals surface area contributed by atoms with Gasteiger partial charge in [0.1, 0.15) is 32.6 Å². The molecule has 5 heterocycles. The summed E-state index contributed by atoms with van der Waals surface area (Å²) in [6.45, 7) is 0.865. The third-order valence-electron chi connectivity index (χ3n) is 9.36. The van der Waals surface area contributed by atoms with E-state index in [4.69, 9.17) is 42.4 Å². The van der Waals surface area contributed by atoms with Crippen LogP contribution in [0.1, 0.15) is 41.2 Å². The summed E-state index contributed by atoms with van der Waals surface area (Å²) in [6.07, 6.45) is 9.61. The number of fused-ring (bicyclic) bond motifs is 2. The number of carboxylic acid groups (broad SMARTS) is 2. The van der Waals surface area contributed by atoms with E-state index >= 15 is 0 Å². The fraction of sp³-hybridized carbons (Fsp3) is 0.220. The number of nitrogens with one attached hydrogen (secondary N) is 2. The number of hydrogen-bond donors (Lipinski definition) is 4. The summed E-state index contributed by atoms with van der Waals surface area (Å²) in [5.74, 6) is -1.60. The summed E-state index contributed by atoms with van der Waals surface area (Å²) < 4.78 is 55.7. The van der Waals surface area contributed by atoms with Gasteiger partial charge in [0.05, 0.1) is 30.1 Å². The summed E-state index contributed by atoms with van der Waals surface area (Å²) in [7, 11) is -3.06. The van der Waals surface area contributed by atoms with Crippen molar-refractivity contribution >= 4 is 96.9 Å². The van der Waals surface area contributed by atoms with Crippen molar-refractivity contribution in [3.8, 4) is 29.9 Å². The highest BCUT2D eigenvalue weighted by Gasteiger charge is 2.42. The molecule has 8 rings (SSSR count). The van der Waals surface area contributed by atoms with Gasteiger partial charge >= 0.3 is 24.0 Å². The molecule has 4 N–H and O–H groups in total. The number of carbonyl (C=O) groups excluding carboxylic acids is 4. The third-order valence-corrected chi connectivity index (χ3v) is 12.1. The highest BCUT2D eigenvalue weighted by molar-refractivity contribution is 7.90. The standard InChI is InChI=1S/C19H15FN2O4.C11H8ClNO3.C11H11N5O6S2/c1-2-7-21-15-9-14(13(20)8-16(15)26-10-17(21)23)22-18(24)11-5-3-4-6-12(11)19(22)25;12-8-3-4-9(16-6-10(14)15)11-7(8)2-1-5-13-11;1-5-12-9(15-11(13-5)22-2)14-10(19)16-24(20,21)6-3-4-23-7(6)8(17)18/h1,8-9H,3-7,10H2;1-5H,6H2,(H,14,15);3-4H,1-2H3,(H,17,18)(H2,12,13,14,15,16,19). The van der Waals surface area contributed by atoms with E-state index in [9.17, 15) is 41.6 Å². The van der Waals surface area contributed by atoms with Crippen LogP contribution in [0.3, 0.4) is 0 Å². The molecule has 0 saturated heterocycles. The molecule has 0 unspecified atom stereocenters. The van der Waals surface area contributed by atoms with E-state index in [1.807, 2.05) is 0 Å². The molecule has 1 aliphatic carbocycles. The van der Waals surface area contributed by atoms with Gasteiger partial charge in [0.15, 0.2) is 19.0 Å². The van der Waals surface area contributed by atoms with Crippen molar-refractivity contribution in [1.29, 1.82) is 0 Å². The van der Waals surface area contributed by atoms with E-state index in [0.29, 0.717) is 40.3 Å². The van der Waals surface area contributed by atoms with Gasteiger partial charge in [-0.25, -0.2) is 36.8 Å². The van der Waals surface area contributed by atoms with Crippen molar-refractivity contribution in [2.24, 2.45) is 0 Å². The first-order chi connectivity index (χ1) is 31.4. The maximum atomic E-state index is 14.7. The van der Waals surface area contributed by atoms with Crippen LogP contribution in [-0.2, 0) is 29.2 Å². The number of anilines is 3. The number of aliphatic carboxylic acids is 1. The molecule has 5 amide bonds. The van der Waals surface area contributed by atoms with E-state index in [2.05, 4.69) is 31.2 Å². The highest BCUT2D eigenvalue weighted by atomic mass is 35.5. The van der Waals surface area contributed by atoms with Crippen molar-refractivity contribution < 1.29 is 66.0 Å². The zero-order valence-corrected chi connectivity index (χ0v) is 36.8. The van der Waals surface area contributed by atoms with Gasteiger partial charge in [-0.3, -0.25) is 29.6 Å². The number of imide groups is 1. The van der Waals surface area contributed by atoms with Crippen LogP contribution < -0.4 is 34.0 Å². The van der Waals surface area contributed by atoms with Gasteiger partial charge in [0.25, 0.3) is 27.7 Å². The van der Waals surface area contributed by atoms with Crippen molar-refractivity contribution in [2.75, 3.05) is 42.0 Å². The number of methoxy groups -OCH3 is 1. The maximum absolute atomic E-state index is 14.7. The second kappa shape index (κ2) is 20.4. The summed E-state index contributed by atoms with van der Waals surface area (Å²) in [4.78, 5) is 87.3. The molecule has 2 aliphatic heterocycles. The largest absolute Gasteiger partial charge is 0.481 e. The second-order valence-corrected chi connectivity index (χ2v) is 16.6. The Morgan fingerprint density at radius 2 is 1.74 bits per heavy atom. The number of ether oxygens (including phenoxy) is 3. The predicted molar refractivity (Wildman–Crippen MR) is 233 cm³/mol. The topological polar surface area (TPSA) is 287 Å². The van der Waals surface area contributed by atoms with Gasteiger partial charge < -0.3 is 24.4 Å². The summed E-state index contributed by atoms with van der Waals surface area (Å²) in [5, 5.41) is 22.2. The van der Waals surface area contributed by atoms with E-state index in [1.165, 1.54) is 30.4 Å². The molecule has 25 heteroatoms. The fourth-order valence-electron chi connectivity index (χ4n) is 6.55. The monoisotopic (exact) mass is 964 g/mol. The fourth-order valence-corrected chi connectivity index (χ4v) is 8.93. The summed E-state index contributed by atoms with van der Waals surface area (Å²) in [5.41, 5.74) is 1.56. The average Bonchev–Trinajstić information content (AvgIpc) is 3.88. The maximum Gasteiger partial charge on any atom is 0.347 e. The van der Waals surface area contributed by atoms with Crippen LogP contribution in [0.4, 0.5) is 26.5 Å². The molecule has 66 heavy (non-hydrogen) atoms. The molecule has 342 valence electrons. The Kier molecular flexibility index (Phi) is 14.7. The SMILES string of the molecule is C#CCN1C(=O)COc2cc(F)c(N3C(=O)C4=C(CCCC4)C3=O)cc21.COc1nc(C)nc(NC(=O)NS(=O)(=O)c2ccsc2C(=O)O)n1.O=C(O)COc1ccc(Cl)c2cccnc12. The number of rotatable bonds is 10. The van der Waals surface area contributed by atoms with Gasteiger partial charge in [0.2, 0.25) is 5.95 Å². The first-order valence-electron chi connectivity index (χ1n) is 19.0. The number of terminal acetylenes is 1. The molecular weight excluding hydrogens is 931 g/mol. The molecule has 0 saturated carbocycles. The van der Waals surface area contributed by atoms with Crippen LogP contribution in [0.2, 0.25) is 5.02 Å². The quantitative estimate of drug-likeness (QED) is 0.109. The normalized spacial score (nSPS) is 14.1. The number of sulfonamides is 1. The van der Waals surface area contributed by atoms with Gasteiger partial charge in [-0.05, 0) is 74.4 Å². The zero-order chi connectivity index (χ0) is 47.9. The van der Waals surface area contributed by atoms with E-state index in [0.717, 1.165) is 46.6 Å². The number of pyridine rings is 1. The zero-order valence-electron chi connectivity index (χ0n) is 34.4. The van der Waals surface area contributed by atoms with Crippen molar-refractivity contribution in [1.82, 2.24) is 24.7 Å². The van der Waals surface area contributed by atoms with Crippen molar-refractivity contribution in [3.63, 3.8) is 0 Å². The molecular formula is C41H34ClFN8O13S2. The van der Waals surface area contributed by atoms with Crippen molar-refractivity contribution in [2.45, 2.75) is 37.5 Å². The number of carbonyl (C=O) groups is 6. The Morgan fingerprint density at radius 3 is 2.39 bits per heavy atom. The molecule has 3 aromatic heterocycles. The van der Waals surface area contributed by atoms with Crippen LogP contribution in [0.5, 0.6) is 17.5 Å². The number of amides is 5. The Morgan fingerprint density at radius 1 is 1.03 bits per heavy atom. The first kappa shape index (κ1) is 47.7. The third kappa shape index (κ3) is 10.6. The molecule has 0 bridgehead atoms. The number of aromatic nitrogens is 4. The van der Waals surface area contributed by atoms with Crippen LogP contribution in [0.25, 0.3) is 10.9 Å². The number of hydrogen-bond acceptors (Lipinski definition) is 16. The van der Waals surface area contributed by atoms with Crippen LogP contribution >= 0.6 is 22.9 Å². The molecule has 0 atom stereocenters. The average molecular weight is 965 g/mol. The number of thiophene rings is 1. The number of urea groups is 1. The number of halogens is 2. The van der Waals surface area contributed by atoms with Gasteiger partial charge in [0, 0.05) is 28.8 Å². The summed E-state index contributed by atoms with van der Waals surface area (Å²) >= 11 is 6.70. The van der Waals surface area contributed by atoms with Crippen LogP contribution in [0.15, 0.2) is 70.1 Å². The van der Waals surface area contributed by atoms with Gasteiger partial charge in [-0.1, -0.05) is 17.5 Å². The van der Waals surface area contributed by atoms with E-state index in [1.54, 1.807) is 35.2 Å². The number of aromatic carboxylic acids is 1. The molecule has 0 fully saturated rings. The lowest BCUT2D eigenvalue weighted by Crippen LogP contribution is -2.39. The molecule has 5 aromatic rings. The molecule has 2 aromatic carbocycles. The number of benzene rings is 2. The Labute approximate surface area is 382 Å². The second-order valence-electron chi connectivity index (χ2n) is 13.7. The highest BCUT2D eigenvalue weighted by Crippen LogP contribution is 2.42. The van der Waals surface area contributed by atoms with Crippen LogP contribution in [-0.4, -0.2) is 101 Å². The van der Waals surface area contributed by atoms with Crippen molar-refractivity contribution in [3.05, 3.63) is 86.7 Å². The lowest BCUT2D eigenvalue weighted by Gasteiger charge is -2.29. The number of aryl methyl sites for hydroxylation is 1. The lowest BCUT2D eigenvalue weighted by atomic mass is 9.93. The minimum atomic E-state index is -4.37. The molecule has 0 radical (unpaired) electrons. The minimum absolute atomic E-state index is 0.0170. The minimum Gasteiger partial charge on any atom is -0.481 e. The lowest BCUT2D eigenvalue weighted by molar-refractivity contribution is -0.139. The van der Waals surface area contributed by atoms with Gasteiger partial charge in [-0.2, -0.15) is 15.0 Å². The number of carboxylic acids is 2. The van der Waals surface area contributed by atoms with Crippen LogP contribution in [0, 0.1) is 25.1 Å². The number of nitrogens with zero attached hydrogens (tertiary/aromatic N) is 6. The van der Waals surface area contributed by atoms with Gasteiger partial charge in [-0.15, -0.1) is 17.8 Å². The smallest absolute Gasteiger partial charge is 0.347 e. The van der Waals surface area contributed by atoms with E-state index in [-0.39, 0.29) is 54.0 Å². The molecule has 3 aliphatic rings. The predicted octanol–water partition coefficient (Wildman–Crippen LogP) is 4.74. The molecule has 0 spiro atoms. The Balaban J connectivity index is 0.000000168. The molecule has 21 nitrogen and oxygen atoms in total.